The summed E-state index contributed by atoms with van der Waals surface area (Å²) in [6.07, 6.45) is 6.88. The molecule has 2 aromatic heterocycles. The van der Waals surface area contributed by atoms with E-state index in [1.54, 1.807) is 48.7 Å². The second kappa shape index (κ2) is 12.2. The van der Waals surface area contributed by atoms with Crippen LogP contribution in [-0.2, 0) is 14.8 Å². The van der Waals surface area contributed by atoms with E-state index in [4.69, 9.17) is 4.98 Å². The largest absolute Gasteiger partial charge is 0.360 e. The summed E-state index contributed by atoms with van der Waals surface area (Å²) in [6, 6.07) is 20.9. The molecule has 42 heavy (non-hydrogen) atoms. The van der Waals surface area contributed by atoms with Gasteiger partial charge in [-0.3, -0.25) is 9.52 Å². The summed E-state index contributed by atoms with van der Waals surface area (Å²) in [5.41, 5.74) is 5.19. The Bertz CT molecular complexity index is 1860. The van der Waals surface area contributed by atoms with Crippen LogP contribution < -0.4 is 15.4 Å². The first-order valence-corrected chi connectivity index (χ1v) is 14.7. The average Bonchev–Trinajstić information content (AvgIpc) is 3.38. The first-order valence-electron chi connectivity index (χ1n) is 13.2. The van der Waals surface area contributed by atoms with Crippen molar-refractivity contribution >= 4 is 49.8 Å². The van der Waals surface area contributed by atoms with Gasteiger partial charge in [0, 0.05) is 52.9 Å². The van der Waals surface area contributed by atoms with E-state index < -0.39 is 10.0 Å². The molecule has 2 heterocycles. The van der Waals surface area contributed by atoms with Gasteiger partial charge in [-0.1, -0.05) is 30.3 Å². The molecular weight excluding hydrogens is 550 g/mol. The number of fused-ring (bicyclic) bond motifs is 1. The van der Waals surface area contributed by atoms with E-state index in [0.717, 1.165) is 27.7 Å². The van der Waals surface area contributed by atoms with Crippen LogP contribution in [0.4, 0.5) is 23.0 Å². The fourth-order valence-corrected chi connectivity index (χ4v) is 5.37. The van der Waals surface area contributed by atoms with Crippen molar-refractivity contribution < 1.29 is 13.2 Å². The molecular formula is C31H31N7O3S. The summed E-state index contributed by atoms with van der Waals surface area (Å²) in [7, 11) is -0.0685. The minimum absolute atomic E-state index is 0.0623. The molecule has 5 rings (SSSR count). The molecule has 4 N–H and O–H groups in total. The van der Waals surface area contributed by atoms with Crippen LogP contribution in [0.15, 0.2) is 102 Å². The highest BCUT2D eigenvalue weighted by Crippen LogP contribution is 2.30. The number of benzene rings is 3. The third-order valence-corrected chi connectivity index (χ3v) is 7.76. The number of carbonyl (C=O) groups excluding carboxylic acids is 1. The molecule has 0 fully saturated rings. The normalized spacial score (nSPS) is 11.7. The molecule has 0 aliphatic carbocycles. The highest BCUT2D eigenvalue weighted by Gasteiger charge is 2.16. The van der Waals surface area contributed by atoms with E-state index in [-0.39, 0.29) is 10.8 Å². The van der Waals surface area contributed by atoms with Gasteiger partial charge in [0.2, 0.25) is 11.9 Å². The van der Waals surface area contributed by atoms with Crippen molar-refractivity contribution in [1.82, 2.24) is 19.9 Å². The lowest BCUT2D eigenvalue weighted by atomic mass is 10.1. The lowest BCUT2D eigenvalue weighted by molar-refractivity contribution is -0.111. The molecule has 0 bridgehead atoms. The third-order valence-electron chi connectivity index (χ3n) is 6.36. The minimum Gasteiger partial charge on any atom is -0.360 e. The summed E-state index contributed by atoms with van der Waals surface area (Å²) in [6.45, 7) is 2.59. The Morgan fingerprint density at radius 1 is 0.976 bits per heavy atom. The molecule has 214 valence electrons. The molecule has 0 aliphatic heterocycles. The van der Waals surface area contributed by atoms with Crippen molar-refractivity contribution in [2.24, 2.45) is 0 Å². The minimum atomic E-state index is -3.88. The summed E-state index contributed by atoms with van der Waals surface area (Å²) in [5, 5.41) is 6.96. The number of nitrogens with one attached hydrogen (secondary N) is 4. The number of para-hydroxylation sites is 1. The number of aryl methyl sites for hydroxylation is 1. The Labute approximate surface area is 244 Å². The first-order chi connectivity index (χ1) is 20.2. The Morgan fingerprint density at radius 3 is 2.52 bits per heavy atom. The second-order valence-corrected chi connectivity index (χ2v) is 11.6. The second-order valence-electron chi connectivity index (χ2n) is 9.96. The van der Waals surface area contributed by atoms with E-state index in [0.29, 0.717) is 29.6 Å². The summed E-state index contributed by atoms with van der Waals surface area (Å²) in [5.74, 6) is 0.0936. The van der Waals surface area contributed by atoms with Gasteiger partial charge in [-0.05, 0) is 75.1 Å². The van der Waals surface area contributed by atoms with Crippen LogP contribution in [0, 0.1) is 6.92 Å². The topological polar surface area (TPSA) is 132 Å². The summed E-state index contributed by atoms with van der Waals surface area (Å²) >= 11 is 0. The van der Waals surface area contributed by atoms with Gasteiger partial charge in [-0.2, -0.15) is 0 Å². The van der Waals surface area contributed by atoms with Gasteiger partial charge in [0.1, 0.15) is 0 Å². The van der Waals surface area contributed by atoms with E-state index in [1.165, 1.54) is 18.2 Å². The molecule has 0 spiro atoms. The fraction of sp³-hybridized carbons (Fsp3) is 0.129. The van der Waals surface area contributed by atoms with Crippen molar-refractivity contribution in [3.8, 4) is 11.3 Å². The molecule has 0 aliphatic rings. The number of aromatic nitrogens is 3. The highest BCUT2D eigenvalue weighted by atomic mass is 32.2. The number of nitrogens with zero attached hydrogens (tertiary/aromatic N) is 3. The van der Waals surface area contributed by atoms with Crippen molar-refractivity contribution in [3.05, 3.63) is 103 Å². The molecule has 1 amide bonds. The number of hydrogen-bond donors (Lipinski definition) is 4. The van der Waals surface area contributed by atoms with Crippen molar-refractivity contribution in [3.63, 3.8) is 0 Å². The predicted octanol–water partition coefficient (Wildman–Crippen LogP) is 5.53. The van der Waals surface area contributed by atoms with Gasteiger partial charge >= 0.3 is 0 Å². The van der Waals surface area contributed by atoms with E-state index in [1.807, 2.05) is 56.4 Å². The summed E-state index contributed by atoms with van der Waals surface area (Å²) < 4.78 is 28.7. The molecule has 11 heteroatoms. The van der Waals surface area contributed by atoms with Crippen LogP contribution >= 0.6 is 0 Å². The molecule has 0 atom stereocenters. The van der Waals surface area contributed by atoms with Crippen molar-refractivity contribution in [2.45, 2.75) is 11.8 Å². The van der Waals surface area contributed by atoms with Crippen molar-refractivity contribution in [1.29, 1.82) is 0 Å². The number of rotatable bonds is 10. The number of H-pyrrole nitrogens is 1. The number of aromatic amines is 1. The predicted molar refractivity (Wildman–Crippen MR) is 167 cm³/mol. The Morgan fingerprint density at radius 2 is 1.74 bits per heavy atom. The lowest BCUT2D eigenvalue weighted by Crippen LogP contribution is -2.14. The van der Waals surface area contributed by atoms with Crippen molar-refractivity contribution in [2.75, 3.05) is 36.0 Å². The molecule has 5 aromatic rings. The average molecular weight is 582 g/mol. The Balaban J connectivity index is 1.28. The maximum absolute atomic E-state index is 13.1. The number of amides is 1. The van der Waals surface area contributed by atoms with E-state index in [2.05, 4.69) is 25.3 Å². The van der Waals surface area contributed by atoms with Gasteiger partial charge < -0.3 is 20.5 Å². The standard InChI is InChI=1S/C31H31N7O3S/c1-21-19-33-31(36-30(21)27-20-32-28-11-5-4-10-26(27)28)35-23-8-6-9-24(18-23)37-42(40,41)25-15-13-22(14-16-25)34-29(39)12-7-17-38(2)3/h4-16,18-20,32,37H,17H2,1-3H3,(H,34,39)(H,33,35,36). The van der Waals surface area contributed by atoms with Crippen LogP contribution in [0.2, 0.25) is 0 Å². The number of likely N-dealkylation sites (N-methyl/N-ethyl adjacent to an activating group) is 1. The fourth-order valence-electron chi connectivity index (χ4n) is 4.32. The maximum atomic E-state index is 13.1. The first kappa shape index (κ1) is 28.5. The zero-order valence-corrected chi connectivity index (χ0v) is 24.2. The monoisotopic (exact) mass is 581 g/mol. The van der Waals surface area contributed by atoms with Gasteiger partial charge in [-0.15, -0.1) is 0 Å². The number of hydrogen-bond acceptors (Lipinski definition) is 7. The molecule has 10 nitrogen and oxygen atoms in total. The van der Waals surface area contributed by atoms with Gasteiger partial charge in [0.15, 0.2) is 0 Å². The Hall–Kier alpha value is -5.00. The smallest absolute Gasteiger partial charge is 0.261 e. The van der Waals surface area contributed by atoms with Crippen LogP contribution in [-0.4, -0.2) is 54.8 Å². The van der Waals surface area contributed by atoms with Gasteiger partial charge in [-0.25, -0.2) is 18.4 Å². The SMILES string of the molecule is Cc1cnc(Nc2cccc(NS(=O)(=O)c3ccc(NC(=O)C=CCN(C)C)cc3)c2)nc1-c1c[nH]c2ccccc12. The van der Waals surface area contributed by atoms with Gasteiger partial charge in [0.25, 0.3) is 10.0 Å². The van der Waals surface area contributed by atoms with E-state index >= 15 is 0 Å². The molecule has 0 radical (unpaired) electrons. The third kappa shape index (κ3) is 6.82. The zero-order valence-electron chi connectivity index (χ0n) is 23.4. The molecule has 0 unspecified atom stereocenters. The lowest BCUT2D eigenvalue weighted by Gasteiger charge is -2.12. The van der Waals surface area contributed by atoms with Crippen LogP contribution in [0.3, 0.4) is 0 Å². The Kier molecular flexibility index (Phi) is 8.32. The number of anilines is 4. The van der Waals surface area contributed by atoms with Crippen LogP contribution in [0.25, 0.3) is 22.2 Å². The molecule has 0 saturated heterocycles. The number of sulfonamides is 1. The maximum Gasteiger partial charge on any atom is 0.261 e. The van der Waals surface area contributed by atoms with Crippen LogP contribution in [0.5, 0.6) is 0 Å². The zero-order chi connectivity index (χ0) is 29.7. The molecule has 3 aromatic carbocycles. The quantitative estimate of drug-likeness (QED) is 0.159. The van der Waals surface area contributed by atoms with Gasteiger partial charge in [0.05, 0.1) is 16.3 Å². The highest BCUT2D eigenvalue weighted by molar-refractivity contribution is 7.92. The van der Waals surface area contributed by atoms with Crippen LogP contribution in [0.1, 0.15) is 5.56 Å². The molecule has 0 saturated carbocycles. The summed E-state index contributed by atoms with van der Waals surface area (Å²) in [4.78, 5) is 26.5. The van der Waals surface area contributed by atoms with E-state index in [9.17, 15) is 13.2 Å². The number of carbonyl (C=O) groups is 1.